The second-order valence-electron chi connectivity index (χ2n) is 5.66. The molecule has 1 aromatic rings. The summed E-state index contributed by atoms with van der Waals surface area (Å²) in [6.07, 6.45) is 3.21. The number of phenolic OH excluding ortho intramolecular Hbond substituents is 1. The number of hydrogen-bond donors (Lipinski definition) is 2. The number of aryl methyl sites for hydroxylation is 2. The summed E-state index contributed by atoms with van der Waals surface area (Å²) in [5.74, 6) is 0.497. The van der Waals surface area contributed by atoms with Crippen molar-refractivity contribution in [3.05, 3.63) is 28.8 Å². The number of fused-ring (bicyclic) bond motifs is 1. The molecule has 1 aromatic carbocycles. The van der Waals surface area contributed by atoms with Crippen LogP contribution in [-0.4, -0.2) is 28.5 Å². The van der Waals surface area contributed by atoms with Crippen LogP contribution < -0.4 is 5.32 Å². The average molecular weight is 260 g/mol. The number of amides is 1. The van der Waals surface area contributed by atoms with Gasteiger partial charge in [-0.3, -0.25) is 9.69 Å². The Labute approximate surface area is 113 Å². The van der Waals surface area contributed by atoms with Crippen molar-refractivity contribution in [2.75, 3.05) is 6.54 Å². The molecule has 2 aliphatic heterocycles. The topological polar surface area (TPSA) is 52.6 Å². The molecule has 3 rings (SSSR count). The van der Waals surface area contributed by atoms with Gasteiger partial charge in [-0.05, 0) is 55.5 Å². The quantitative estimate of drug-likeness (QED) is 0.812. The fourth-order valence-electron chi connectivity index (χ4n) is 3.28. The maximum atomic E-state index is 12.0. The minimum atomic E-state index is -0.0317. The summed E-state index contributed by atoms with van der Waals surface area (Å²) in [4.78, 5) is 14.3. The van der Waals surface area contributed by atoms with Crippen molar-refractivity contribution in [3.8, 4) is 5.75 Å². The van der Waals surface area contributed by atoms with Crippen LogP contribution in [0.1, 0.15) is 42.1 Å². The molecule has 2 saturated heterocycles. The second kappa shape index (κ2) is 4.53. The first-order chi connectivity index (χ1) is 9.08. The number of carbonyl (C=O) groups excluding carboxylic acids is 1. The maximum absolute atomic E-state index is 12.0. The summed E-state index contributed by atoms with van der Waals surface area (Å²) in [7, 11) is 0. The SMILES string of the molecule is Cc1cc(C2NC(=O)C3CCCCN32)cc(C)c1O. The fourth-order valence-corrected chi connectivity index (χ4v) is 3.28. The minimum absolute atomic E-state index is 0.0317. The van der Waals surface area contributed by atoms with Gasteiger partial charge in [-0.2, -0.15) is 0 Å². The zero-order valence-electron chi connectivity index (χ0n) is 11.4. The van der Waals surface area contributed by atoms with Crippen LogP contribution in [0.5, 0.6) is 5.75 Å². The van der Waals surface area contributed by atoms with Crippen molar-refractivity contribution in [3.63, 3.8) is 0 Å². The second-order valence-corrected chi connectivity index (χ2v) is 5.66. The first kappa shape index (κ1) is 12.5. The van der Waals surface area contributed by atoms with Crippen LogP contribution >= 0.6 is 0 Å². The van der Waals surface area contributed by atoms with E-state index in [1.54, 1.807) is 0 Å². The van der Waals surface area contributed by atoms with Gasteiger partial charge in [0.25, 0.3) is 0 Å². The van der Waals surface area contributed by atoms with Gasteiger partial charge < -0.3 is 10.4 Å². The lowest BCUT2D eigenvalue weighted by Gasteiger charge is -2.31. The number of piperidine rings is 1. The smallest absolute Gasteiger partial charge is 0.238 e. The summed E-state index contributed by atoms with van der Waals surface area (Å²) in [6.45, 7) is 4.76. The highest BCUT2D eigenvalue weighted by Crippen LogP contribution is 2.34. The van der Waals surface area contributed by atoms with Crippen LogP contribution in [0.3, 0.4) is 0 Å². The van der Waals surface area contributed by atoms with Crippen molar-refractivity contribution in [1.29, 1.82) is 0 Å². The van der Waals surface area contributed by atoms with Gasteiger partial charge in [-0.1, -0.05) is 6.42 Å². The van der Waals surface area contributed by atoms with E-state index in [2.05, 4.69) is 10.2 Å². The standard InChI is InChI=1S/C15H20N2O2/c1-9-7-11(8-10(2)13(9)18)14-16-15(19)12-5-3-4-6-17(12)14/h7-8,12,14,18H,3-6H2,1-2H3,(H,16,19). The van der Waals surface area contributed by atoms with Gasteiger partial charge in [0.15, 0.2) is 0 Å². The molecule has 102 valence electrons. The Morgan fingerprint density at radius 1 is 1.26 bits per heavy atom. The first-order valence-electron chi connectivity index (χ1n) is 6.94. The molecule has 2 aliphatic rings. The Morgan fingerprint density at radius 3 is 2.63 bits per heavy atom. The van der Waals surface area contributed by atoms with Gasteiger partial charge in [0.1, 0.15) is 11.9 Å². The normalized spacial score (nSPS) is 27.2. The molecular formula is C15H20N2O2. The predicted octanol–water partition coefficient (Wildman–Crippen LogP) is 1.99. The van der Waals surface area contributed by atoms with Crippen LogP contribution in [-0.2, 0) is 4.79 Å². The number of hydrogen-bond acceptors (Lipinski definition) is 3. The monoisotopic (exact) mass is 260 g/mol. The van der Waals surface area contributed by atoms with Crippen LogP contribution in [0.2, 0.25) is 0 Å². The van der Waals surface area contributed by atoms with Crippen LogP contribution in [0.4, 0.5) is 0 Å². The Hall–Kier alpha value is -1.55. The van der Waals surface area contributed by atoms with Crippen molar-refractivity contribution < 1.29 is 9.90 Å². The summed E-state index contributed by atoms with van der Waals surface area (Å²) < 4.78 is 0. The van der Waals surface area contributed by atoms with E-state index in [0.717, 1.165) is 42.5 Å². The number of aromatic hydroxyl groups is 1. The highest BCUT2D eigenvalue weighted by Gasteiger charge is 2.41. The van der Waals surface area contributed by atoms with E-state index in [0.29, 0.717) is 5.75 Å². The first-order valence-corrected chi connectivity index (χ1v) is 6.94. The number of phenols is 1. The highest BCUT2D eigenvalue weighted by molar-refractivity contribution is 5.84. The lowest BCUT2D eigenvalue weighted by Crippen LogP contribution is -2.38. The third-order valence-electron chi connectivity index (χ3n) is 4.29. The Morgan fingerprint density at radius 2 is 1.95 bits per heavy atom. The number of nitrogens with zero attached hydrogens (tertiary/aromatic N) is 1. The molecule has 2 heterocycles. The predicted molar refractivity (Wildman–Crippen MR) is 72.8 cm³/mol. The molecule has 0 saturated carbocycles. The molecule has 4 heteroatoms. The number of benzene rings is 1. The molecular weight excluding hydrogens is 240 g/mol. The van der Waals surface area contributed by atoms with Crippen LogP contribution in [0.15, 0.2) is 12.1 Å². The molecule has 0 aromatic heterocycles. The lowest BCUT2D eigenvalue weighted by atomic mass is 10.0. The number of nitrogens with one attached hydrogen (secondary N) is 1. The molecule has 0 spiro atoms. The highest BCUT2D eigenvalue weighted by atomic mass is 16.3. The van der Waals surface area contributed by atoms with E-state index >= 15 is 0 Å². The van der Waals surface area contributed by atoms with Crippen molar-refractivity contribution in [1.82, 2.24) is 10.2 Å². The molecule has 0 radical (unpaired) electrons. The summed E-state index contributed by atoms with van der Waals surface area (Å²) in [5.41, 5.74) is 2.81. The molecule has 2 atom stereocenters. The lowest BCUT2D eigenvalue weighted by molar-refractivity contribution is -0.122. The van der Waals surface area contributed by atoms with Crippen molar-refractivity contribution in [2.24, 2.45) is 0 Å². The Kier molecular flexibility index (Phi) is 2.97. The average Bonchev–Trinajstić information content (AvgIpc) is 2.74. The van der Waals surface area contributed by atoms with Gasteiger partial charge in [0.05, 0.1) is 6.04 Å². The minimum Gasteiger partial charge on any atom is -0.507 e. The van der Waals surface area contributed by atoms with Gasteiger partial charge in [0, 0.05) is 6.54 Å². The maximum Gasteiger partial charge on any atom is 0.238 e. The largest absolute Gasteiger partial charge is 0.507 e. The molecule has 2 unspecified atom stereocenters. The summed E-state index contributed by atoms with van der Waals surface area (Å²) in [5, 5.41) is 12.9. The van der Waals surface area contributed by atoms with E-state index < -0.39 is 0 Å². The fraction of sp³-hybridized carbons (Fsp3) is 0.533. The Balaban J connectivity index is 1.96. The van der Waals surface area contributed by atoms with Gasteiger partial charge in [-0.15, -0.1) is 0 Å². The summed E-state index contributed by atoms with van der Waals surface area (Å²) >= 11 is 0. The van der Waals surface area contributed by atoms with E-state index in [4.69, 9.17) is 0 Å². The van der Waals surface area contributed by atoms with Crippen molar-refractivity contribution >= 4 is 5.91 Å². The number of rotatable bonds is 1. The van der Waals surface area contributed by atoms with Gasteiger partial charge >= 0.3 is 0 Å². The molecule has 2 N–H and O–H groups in total. The zero-order valence-corrected chi connectivity index (χ0v) is 11.4. The zero-order chi connectivity index (χ0) is 13.6. The van der Waals surface area contributed by atoms with Crippen LogP contribution in [0.25, 0.3) is 0 Å². The van der Waals surface area contributed by atoms with E-state index in [9.17, 15) is 9.90 Å². The van der Waals surface area contributed by atoms with E-state index in [-0.39, 0.29) is 18.1 Å². The van der Waals surface area contributed by atoms with Gasteiger partial charge in [0.2, 0.25) is 5.91 Å². The Bertz CT molecular complexity index is 504. The van der Waals surface area contributed by atoms with Crippen LogP contribution in [0, 0.1) is 13.8 Å². The summed E-state index contributed by atoms with van der Waals surface area (Å²) in [6, 6.07) is 3.99. The molecule has 1 amide bonds. The van der Waals surface area contributed by atoms with Crippen molar-refractivity contribution in [2.45, 2.75) is 45.3 Å². The molecule has 19 heavy (non-hydrogen) atoms. The van der Waals surface area contributed by atoms with Gasteiger partial charge in [-0.25, -0.2) is 0 Å². The number of carbonyl (C=O) groups is 1. The third-order valence-corrected chi connectivity index (χ3v) is 4.29. The van der Waals surface area contributed by atoms with E-state index in [1.165, 1.54) is 0 Å². The molecule has 4 nitrogen and oxygen atoms in total. The molecule has 0 bridgehead atoms. The molecule has 0 aliphatic carbocycles. The third kappa shape index (κ3) is 2.00. The van der Waals surface area contributed by atoms with E-state index in [1.807, 2.05) is 26.0 Å². The molecule has 2 fully saturated rings.